The maximum absolute atomic E-state index is 13.1. The number of sulfonamides is 1. The van der Waals surface area contributed by atoms with E-state index in [9.17, 15) is 18.0 Å². The van der Waals surface area contributed by atoms with E-state index < -0.39 is 10.0 Å². The minimum Gasteiger partial charge on any atom is -0.360 e. The van der Waals surface area contributed by atoms with Crippen molar-refractivity contribution in [2.45, 2.75) is 31.1 Å². The molecule has 0 atom stereocenters. The van der Waals surface area contributed by atoms with Gasteiger partial charge < -0.3 is 15.5 Å². The van der Waals surface area contributed by atoms with Gasteiger partial charge in [0.2, 0.25) is 15.9 Å². The molecule has 2 heterocycles. The zero-order valence-corrected chi connectivity index (χ0v) is 19.0. The van der Waals surface area contributed by atoms with Crippen molar-refractivity contribution in [1.82, 2.24) is 9.62 Å². The molecule has 2 saturated heterocycles. The van der Waals surface area contributed by atoms with Gasteiger partial charge >= 0.3 is 0 Å². The lowest BCUT2D eigenvalue weighted by atomic mass is 10.1. The molecular weight excluding hydrogens is 428 g/mol. The fourth-order valence-corrected chi connectivity index (χ4v) is 5.85. The minimum absolute atomic E-state index is 0.0108. The Labute approximate surface area is 188 Å². The summed E-state index contributed by atoms with van der Waals surface area (Å²) in [6.45, 7) is 4.43. The lowest BCUT2D eigenvalue weighted by molar-refractivity contribution is -0.120. The average molecular weight is 457 g/mol. The Morgan fingerprint density at radius 2 is 1.72 bits per heavy atom. The molecule has 0 spiro atoms. The molecule has 0 saturated carbocycles. The van der Waals surface area contributed by atoms with Crippen LogP contribution < -0.4 is 15.5 Å². The molecule has 2 aliphatic rings. The third-order valence-electron chi connectivity index (χ3n) is 5.91. The van der Waals surface area contributed by atoms with Crippen molar-refractivity contribution in [2.24, 2.45) is 0 Å². The Morgan fingerprint density at radius 3 is 2.41 bits per heavy atom. The van der Waals surface area contributed by atoms with Gasteiger partial charge in [-0.05, 0) is 61.7 Å². The van der Waals surface area contributed by atoms with Gasteiger partial charge in [0.25, 0.3) is 5.91 Å². The van der Waals surface area contributed by atoms with Crippen LogP contribution in [0.1, 0.15) is 35.2 Å². The van der Waals surface area contributed by atoms with Crippen LogP contribution in [0.2, 0.25) is 0 Å². The maximum atomic E-state index is 13.1. The molecule has 0 unspecified atom stereocenters. The fraction of sp³-hybridized carbons (Fsp3) is 0.391. The highest BCUT2D eigenvalue weighted by Gasteiger charge is 2.28. The first-order chi connectivity index (χ1) is 15.3. The van der Waals surface area contributed by atoms with E-state index in [0.29, 0.717) is 43.0 Å². The second-order valence-corrected chi connectivity index (χ2v) is 10.1. The van der Waals surface area contributed by atoms with Gasteiger partial charge in [-0.1, -0.05) is 12.5 Å². The lowest BCUT2D eigenvalue weighted by Crippen LogP contribution is -2.47. The molecule has 2 amide bonds. The monoisotopic (exact) mass is 456 g/mol. The molecular formula is C23H28N4O4S. The molecule has 4 rings (SSSR count). The Bertz CT molecular complexity index is 1110. The van der Waals surface area contributed by atoms with Gasteiger partial charge in [0.15, 0.2) is 0 Å². The summed E-state index contributed by atoms with van der Waals surface area (Å²) in [6.07, 6.45) is 2.75. The van der Waals surface area contributed by atoms with E-state index >= 15 is 0 Å². The molecule has 0 bridgehead atoms. The van der Waals surface area contributed by atoms with Crippen LogP contribution in [-0.4, -0.2) is 57.3 Å². The standard InChI is InChI=1S/C23H28N4O4S/c1-17-5-6-18(15-21(17)32(30,31)27-12-3-2-4-13-27)23(29)25-19-7-9-20(10-8-19)26-14-11-24-22(28)16-26/h5-10,15H,2-4,11-14,16H2,1H3,(H,24,28)(H,25,29). The Hall–Kier alpha value is -2.91. The van der Waals surface area contributed by atoms with Gasteiger partial charge in [-0.2, -0.15) is 4.31 Å². The number of piperazine rings is 1. The summed E-state index contributed by atoms with van der Waals surface area (Å²) in [4.78, 5) is 26.6. The summed E-state index contributed by atoms with van der Waals surface area (Å²) >= 11 is 0. The number of piperidine rings is 1. The first kappa shape index (κ1) is 22.3. The molecule has 0 radical (unpaired) electrons. The van der Waals surface area contributed by atoms with Crippen molar-refractivity contribution in [3.05, 3.63) is 53.6 Å². The molecule has 2 fully saturated rings. The van der Waals surface area contributed by atoms with Crippen LogP contribution in [-0.2, 0) is 14.8 Å². The summed E-state index contributed by atoms with van der Waals surface area (Å²) in [7, 11) is -3.63. The molecule has 2 N–H and O–H groups in total. The SMILES string of the molecule is Cc1ccc(C(=O)Nc2ccc(N3CCNC(=O)C3)cc2)cc1S(=O)(=O)N1CCCCC1. The number of nitrogens with zero attached hydrogens (tertiary/aromatic N) is 2. The van der Waals surface area contributed by atoms with Crippen molar-refractivity contribution in [1.29, 1.82) is 0 Å². The highest BCUT2D eigenvalue weighted by atomic mass is 32.2. The number of benzene rings is 2. The number of anilines is 2. The smallest absolute Gasteiger partial charge is 0.255 e. The van der Waals surface area contributed by atoms with Crippen LogP contribution in [0, 0.1) is 6.92 Å². The van der Waals surface area contributed by atoms with Gasteiger partial charge in [-0.15, -0.1) is 0 Å². The molecule has 32 heavy (non-hydrogen) atoms. The van der Waals surface area contributed by atoms with Crippen molar-refractivity contribution in [3.8, 4) is 0 Å². The van der Waals surface area contributed by atoms with E-state index in [0.717, 1.165) is 31.5 Å². The van der Waals surface area contributed by atoms with Crippen LogP contribution in [0.25, 0.3) is 0 Å². The maximum Gasteiger partial charge on any atom is 0.255 e. The predicted octanol–water partition coefficient (Wildman–Crippen LogP) is 2.36. The normalized spacial score (nSPS) is 17.7. The zero-order valence-electron chi connectivity index (χ0n) is 18.1. The van der Waals surface area contributed by atoms with Gasteiger partial charge in [-0.3, -0.25) is 9.59 Å². The second-order valence-electron chi connectivity index (χ2n) is 8.22. The van der Waals surface area contributed by atoms with Crippen molar-refractivity contribution in [2.75, 3.05) is 42.9 Å². The largest absolute Gasteiger partial charge is 0.360 e. The predicted molar refractivity (Wildman–Crippen MR) is 123 cm³/mol. The highest BCUT2D eigenvalue weighted by molar-refractivity contribution is 7.89. The molecule has 0 aromatic heterocycles. The van der Waals surface area contributed by atoms with E-state index in [4.69, 9.17) is 0 Å². The summed E-state index contributed by atoms with van der Waals surface area (Å²) < 4.78 is 27.7. The van der Waals surface area contributed by atoms with Crippen LogP contribution in [0.3, 0.4) is 0 Å². The number of carbonyl (C=O) groups excluding carboxylic acids is 2. The van der Waals surface area contributed by atoms with Crippen LogP contribution in [0.5, 0.6) is 0 Å². The van der Waals surface area contributed by atoms with Crippen LogP contribution in [0.4, 0.5) is 11.4 Å². The Balaban J connectivity index is 1.49. The number of nitrogens with one attached hydrogen (secondary N) is 2. The third-order valence-corrected chi connectivity index (χ3v) is 7.95. The number of amides is 2. The summed E-state index contributed by atoms with van der Waals surface area (Å²) in [5, 5.41) is 5.62. The van der Waals surface area contributed by atoms with E-state index in [-0.39, 0.29) is 16.7 Å². The van der Waals surface area contributed by atoms with Gasteiger partial charge in [-0.25, -0.2) is 8.42 Å². The summed E-state index contributed by atoms with van der Waals surface area (Å²) in [5.74, 6) is -0.381. The van der Waals surface area contributed by atoms with Gasteiger partial charge in [0.1, 0.15) is 0 Å². The van der Waals surface area contributed by atoms with E-state index in [1.165, 1.54) is 10.4 Å². The second kappa shape index (κ2) is 9.30. The zero-order chi connectivity index (χ0) is 22.7. The number of hydrogen-bond acceptors (Lipinski definition) is 5. The molecule has 2 aromatic rings. The highest BCUT2D eigenvalue weighted by Crippen LogP contribution is 2.25. The number of carbonyl (C=O) groups is 2. The first-order valence-electron chi connectivity index (χ1n) is 10.9. The van der Waals surface area contributed by atoms with E-state index in [2.05, 4.69) is 10.6 Å². The quantitative estimate of drug-likeness (QED) is 0.720. The molecule has 170 valence electrons. The fourth-order valence-electron chi connectivity index (χ4n) is 4.08. The van der Waals surface area contributed by atoms with E-state index in [1.807, 2.05) is 17.0 Å². The topological polar surface area (TPSA) is 98.8 Å². The van der Waals surface area contributed by atoms with Crippen molar-refractivity contribution >= 4 is 33.2 Å². The number of aryl methyl sites for hydroxylation is 1. The van der Waals surface area contributed by atoms with Crippen molar-refractivity contribution < 1.29 is 18.0 Å². The van der Waals surface area contributed by atoms with Gasteiger partial charge in [0.05, 0.1) is 11.4 Å². The third kappa shape index (κ3) is 4.78. The Kier molecular flexibility index (Phi) is 6.48. The summed E-state index contributed by atoms with van der Waals surface area (Å²) in [5.41, 5.74) is 2.43. The number of rotatable bonds is 5. The van der Waals surface area contributed by atoms with Crippen LogP contribution >= 0.6 is 0 Å². The molecule has 2 aliphatic heterocycles. The van der Waals surface area contributed by atoms with Crippen LogP contribution in [0.15, 0.2) is 47.4 Å². The molecule has 8 nitrogen and oxygen atoms in total. The van der Waals surface area contributed by atoms with Crippen molar-refractivity contribution in [3.63, 3.8) is 0 Å². The average Bonchev–Trinajstić information content (AvgIpc) is 2.80. The molecule has 9 heteroatoms. The molecule has 2 aromatic carbocycles. The first-order valence-corrected chi connectivity index (χ1v) is 12.3. The lowest BCUT2D eigenvalue weighted by Gasteiger charge is -2.28. The van der Waals surface area contributed by atoms with Gasteiger partial charge in [0, 0.05) is 43.1 Å². The number of hydrogen-bond donors (Lipinski definition) is 2. The molecule has 0 aliphatic carbocycles. The van der Waals surface area contributed by atoms with E-state index in [1.54, 1.807) is 31.2 Å². The summed E-state index contributed by atoms with van der Waals surface area (Å²) in [6, 6.07) is 12.1. The Morgan fingerprint density at radius 1 is 1.00 bits per heavy atom. The minimum atomic E-state index is -3.63.